The Bertz CT molecular complexity index is 429. The zero-order valence-corrected chi connectivity index (χ0v) is 14.2. The first-order chi connectivity index (χ1) is 9.46. The van der Waals surface area contributed by atoms with Crippen molar-refractivity contribution in [2.45, 2.75) is 51.2 Å². The van der Waals surface area contributed by atoms with Gasteiger partial charge in [0.05, 0.1) is 5.69 Å². The first-order valence-electron chi connectivity index (χ1n) is 7.43. The first kappa shape index (κ1) is 18.4. The van der Waals surface area contributed by atoms with Crippen molar-refractivity contribution in [3.8, 4) is 0 Å². The normalized spacial score (nSPS) is 18.1. The van der Waals surface area contributed by atoms with Gasteiger partial charge in [-0.25, -0.2) is 0 Å². The number of β-amino-alcohol motifs (C(OH)–C–C–N with tert-alkyl or cyclic N) is 1. The van der Waals surface area contributed by atoms with Crippen LogP contribution < -0.4 is 5.32 Å². The molecular formula is C16H28N2O2S. The van der Waals surface area contributed by atoms with E-state index in [1.807, 2.05) is 12.1 Å². The Morgan fingerprint density at radius 1 is 1.33 bits per heavy atom. The largest absolute Gasteiger partial charge is 0.385 e. The molecule has 0 aliphatic carbocycles. The molecule has 0 amide bonds. The fourth-order valence-corrected chi connectivity index (χ4v) is 2.38. The van der Waals surface area contributed by atoms with Crippen LogP contribution in [0.2, 0.25) is 0 Å². The molecule has 5 heteroatoms. The Balaban J connectivity index is 0.00000220. The molecule has 120 valence electrons. The van der Waals surface area contributed by atoms with Crippen LogP contribution in [0.5, 0.6) is 0 Å². The number of aliphatic hydroxyl groups excluding tert-OH is 1. The van der Waals surface area contributed by atoms with Gasteiger partial charge in [0, 0.05) is 36.9 Å². The highest BCUT2D eigenvalue weighted by molar-refractivity contribution is 7.59. The number of aliphatic hydroxyl groups is 1. The minimum atomic E-state index is -0.561. The van der Waals surface area contributed by atoms with Gasteiger partial charge in [0.2, 0.25) is 0 Å². The molecule has 1 aromatic rings. The van der Waals surface area contributed by atoms with Crippen molar-refractivity contribution in [3.05, 3.63) is 29.6 Å². The van der Waals surface area contributed by atoms with E-state index < -0.39 is 6.10 Å². The third-order valence-electron chi connectivity index (χ3n) is 3.60. The Morgan fingerprint density at radius 3 is 2.62 bits per heavy atom. The Morgan fingerprint density at radius 2 is 2.00 bits per heavy atom. The van der Waals surface area contributed by atoms with Crippen LogP contribution in [0.25, 0.3) is 0 Å². The molecule has 0 saturated carbocycles. The third-order valence-corrected chi connectivity index (χ3v) is 3.60. The highest BCUT2D eigenvalue weighted by Crippen LogP contribution is 2.26. The average molecular weight is 312 g/mol. The van der Waals surface area contributed by atoms with Crippen LogP contribution in [0, 0.1) is 0 Å². The molecule has 1 fully saturated rings. The van der Waals surface area contributed by atoms with Crippen molar-refractivity contribution in [2.24, 2.45) is 0 Å². The predicted molar refractivity (Wildman–Crippen MR) is 90.1 cm³/mol. The highest BCUT2D eigenvalue weighted by Gasteiger charge is 2.19. The number of ether oxygens (including phenoxy) is 1. The molecule has 0 spiro atoms. The van der Waals surface area contributed by atoms with Crippen molar-refractivity contribution in [2.75, 3.05) is 19.8 Å². The van der Waals surface area contributed by atoms with Gasteiger partial charge >= 0.3 is 0 Å². The maximum atomic E-state index is 10.3. The lowest BCUT2D eigenvalue weighted by Crippen LogP contribution is -2.38. The Labute approximate surface area is 134 Å². The van der Waals surface area contributed by atoms with E-state index in [1.165, 1.54) is 0 Å². The van der Waals surface area contributed by atoms with E-state index in [0.717, 1.165) is 37.4 Å². The Kier molecular flexibility index (Phi) is 7.13. The molecule has 0 bridgehead atoms. The lowest BCUT2D eigenvalue weighted by Gasteiger charge is -2.24. The number of aromatic nitrogens is 1. The van der Waals surface area contributed by atoms with E-state index in [-0.39, 0.29) is 19.0 Å². The maximum absolute atomic E-state index is 10.3. The Hall–Kier alpha value is -0.620. The van der Waals surface area contributed by atoms with Crippen LogP contribution in [0.1, 0.15) is 57.0 Å². The van der Waals surface area contributed by atoms with E-state index in [1.54, 1.807) is 0 Å². The topological polar surface area (TPSA) is 54.4 Å². The van der Waals surface area contributed by atoms with Crippen LogP contribution in [-0.2, 0) is 4.74 Å². The van der Waals surface area contributed by atoms with E-state index >= 15 is 0 Å². The molecule has 1 saturated heterocycles. The van der Waals surface area contributed by atoms with Gasteiger partial charge in [-0.2, -0.15) is 13.5 Å². The van der Waals surface area contributed by atoms with E-state index in [9.17, 15) is 5.11 Å². The molecule has 2 rings (SSSR count). The average Bonchev–Trinajstić information content (AvgIpc) is 2.45. The third kappa shape index (κ3) is 5.94. The van der Waals surface area contributed by atoms with Gasteiger partial charge in [-0.1, -0.05) is 6.07 Å². The smallest absolute Gasteiger partial charge is 0.108 e. The standard InChI is InChI=1S/C16H26N2O2.H2S/c1-16(2,3)17-11-15(19)14-6-4-5-13(18-14)12-7-9-20-10-8-12;/h4-6,12,15,17,19H,7-11H2,1-3H3;1H2/t15-;/m0./s1. The molecule has 2 N–H and O–H groups in total. The quantitative estimate of drug-likeness (QED) is 0.897. The number of rotatable bonds is 4. The molecule has 0 unspecified atom stereocenters. The van der Waals surface area contributed by atoms with Gasteiger partial charge in [-0.3, -0.25) is 4.98 Å². The number of nitrogens with zero attached hydrogens (tertiary/aromatic N) is 1. The summed E-state index contributed by atoms with van der Waals surface area (Å²) in [5.74, 6) is 0.464. The summed E-state index contributed by atoms with van der Waals surface area (Å²) >= 11 is 0. The van der Waals surface area contributed by atoms with E-state index in [4.69, 9.17) is 4.74 Å². The second-order valence-corrected chi connectivity index (χ2v) is 6.52. The summed E-state index contributed by atoms with van der Waals surface area (Å²) in [6, 6.07) is 5.95. The summed E-state index contributed by atoms with van der Waals surface area (Å²) in [6.45, 7) is 8.41. The number of nitrogens with one attached hydrogen (secondary N) is 1. The van der Waals surface area contributed by atoms with Crippen LogP contribution in [0.4, 0.5) is 0 Å². The zero-order chi connectivity index (χ0) is 14.6. The van der Waals surface area contributed by atoms with Crippen LogP contribution in [-0.4, -0.2) is 35.4 Å². The van der Waals surface area contributed by atoms with Crippen LogP contribution in [0.15, 0.2) is 18.2 Å². The SMILES string of the molecule is CC(C)(C)NC[C@H](O)c1cccc(C2CCOCC2)n1.S. The summed E-state index contributed by atoms with van der Waals surface area (Å²) in [6.07, 6.45) is 1.48. The number of hydrogen-bond acceptors (Lipinski definition) is 4. The van der Waals surface area contributed by atoms with Gasteiger partial charge in [0.1, 0.15) is 6.10 Å². The summed E-state index contributed by atoms with van der Waals surface area (Å²) in [5, 5.41) is 13.6. The maximum Gasteiger partial charge on any atom is 0.108 e. The molecular weight excluding hydrogens is 284 g/mol. The molecule has 1 aliphatic heterocycles. The van der Waals surface area contributed by atoms with Gasteiger partial charge < -0.3 is 15.2 Å². The fourth-order valence-electron chi connectivity index (χ4n) is 2.38. The van der Waals surface area contributed by atoms with Gasteiger partial charge in [0.15, 0.2) is 0 Å². The molecule has 0 aromatic carbocycles. The summed E-state index contributed by atoms with van der Waals surface area (Å²) in [7, 11) is 0. The molecule has 21 heavy (non-hydrogen) atoms. The molecule has 2 heterocycles. The lowest BCUT2D eigenvalue weighted by atomic mass is 9.95. The van der Waals surface area contributed by atoms with Crippen molar-refractivity contribution < 1.29 is 9.84 Å². The summed E-state index contributed by atoms with van der Waals surface area (Å²) in [5.41, 5.74) is 1.84. The predicted octanol–water partition coefficient (Wildman–Crippen LogP) is 2.51. The highest BCUT2D eigenvalue weighted by atomic mass is 32.1. The fraction of sp³-hybridized carbons (Fsp3) is 0.688. The second-order valence-electron chi connectivity index (χ2n) is 6.52. The molecule has 1 aromatic heterocycles. The van der Waals surface area contributed by atoms with Crippen molar-refractivity contribution >= 4 is 13.5 Å². The van der Waals surface area contributed by atoms with Gasteiger partial charge in [-0.05, 0) is 45.7 Å². The minimum Gasteiger partial charge on any atom is -0.385 e. The molecule has 0 radical (unpaired) electrons. The van der Waals surface area contributed by atoms with Crippen molar-refractivity contribution in [1.82, 2.24) is 10.3 Å². The van der Waals surface area contributed by atoms with Crippen LogP contribution in [0.3, 0.4) is 0 Å². The van der Waals surface area contributed by atoms with Crippen molar-refractivity contribution in [1.29, 1.82) is 0 Å². The zero-order valence-electron chi connectivity index (χ0n) is 13.2. The lowest BCUT2D eigenvalue weighted by molar-refractivity contribution is 0.0842. The van der Waals surface area contributed by atoms with Crippen LogP contribution >= 0.6 is 13.5 Å². The minimum absolute atomic E-state index is 0. The summed E-state index contributed by atoms with van der Waals surface area (Å²) < 4.78 is 5.39. The molecule has 1 aliphatic rings. The first-order valence-corrected chi connectivity index (χ1v) is 7.43. The number of pyridine rings is 1. The number of hydrogen-bond donors (Lipinski definition) is 2. The van der Waals surface area contributed by atoms with Crippen molar-refractivity contribution in [3.63, 3.8) is 0 Å². The van der Waals surface area contributed by atoms with Gasteiger partial charge in [-0.15, -0.1) is 0 Å². The van der Waals surface area contributed by atoms with E-state index in [0.29, 0.717) is 12.5 Å². The molecule has 1 atom stereocenters. The second kappa shape index (κ2) is 8.13. The van der Waals surface area contributed by atoms with Gasteiger partial charge in [0.25, 0.3) is 0 Å². The summed E-state index contributed by atoms with van der Waals surface area (Å²) in [4.78, 5) is 4.65. The molecule has 4 nitrogen and oxygen atoms in total. The monoisotopic (exact) mass is 312 g/mol. The van der Waals surface area contributed by atoms with E-state index in [2.05, 4.69) is 37.1 Å².